The number of hydrogen-bond donors (Lipinski definition) is 11. The van der Waals surface area contributed by atoms with Gasteiger partial charge in [-0.25, -0.2) is 4.57 Å². The molecule has 0 bridgehead atoms. The van der Waals surface area contributed by atoms with Gasteiger partial charge in [-0.15, -0.1) is 0 Å². The maximum absolute atomic E-state index is 11.9. The molecule has 0 aliphatic carbocycles. The van der Waals surface area contributed by atoms with E-state index < -0.39 is 121 Å². The van der Waals surface area contributed by atoms with Gasteiger partial charge in [0, 0.05) is 0 Å². The second-order valence-electron chi connectivity index (χ2n) is 8.39. The van der Waals surface area contributed by atoms with E-state index in [1.165, 1.54) is 0 Å². The first-order chi connectivity index (χ1) is 17.3. The van der Waals surface area contributed by atoms with Crippen LogP contribution < -0.4 is 0 Å². The van der Waals surface area contributed by atoms with E-state index in [1.54, 1.807) is 0 Å². The van der Waals surface area contributed by atoms with Gasteiger partial charge in [0.15, 0.2) is 12.6 Å². The zero-order valence-electron chi connectivity index (χ0n) is 19.4. The number of hydrogen-bond acceptors (Lipinski definition) is 17. The predicted molar refractivity (Wildman–Crippen MR) is 113 cm³/mol. The molecule has 11 N–H and O–H groups in total. The smallest absolute Gasteiger partial charge is 0.394 e. The molecule has 0 amide bonds. The fourth-order valence-electron chi connectivity index (χ4n) is 3.37. The van der Waals surface area contributed by atoms with E-state index in [0.29, 0.717) is 0 Å². The van der Waals surface area contributed by atoms with Crippen LogP contribution in [0.5, 0.6) is 0 Å². The summed E-state index contributed by atoms with van der Waals surface area (Å²) in [5, 5.41) is 97.5. The minimum Gasteiger partial charge on any atom is -0.394 e. The Morgan fingerprint density at radius 3 is 1.92 bits per heavy atom. The number of phosphoric acid groups is 1. The minimum absolute atomic E-state index is 0.509. The highest BCUT2D eigenvalue weighted by atomic mass is 31.2. The van der Waals surface area contributed by atoms with Crippen molar-refractivity contribution in [2.75, 3.05) is 39.6 Å². The van der Waals surface area contributed by atoms with Crippen molar-refractivity contribution in [3.8, 4) is 0 Å². The second kappa shape index (κ2) is 14.8. The fourth-order valence-corrected chi connectivity index (χ4v) is 4.14. The third kappa shape index (κ3) is 9.04. The SMILES string of the molecule is O=P(O)(OCC(O)CO)OC[C@H]1O[C@H](O[C@@H]2[C@@H](O)[C@@H](OCC(O)CO)O[C@H](CO)[C@H]2O)[C@H](O)[C@@H](O)[C@H]1O. The fraction of sp³-hybridized carbons (Fsp3) is 1.00. The summed E-state index contributed by atoms with van der Waals surface area (Å²) in [5.74, 6) is 0. The molecule has 2 rings (SSSR count). The van der Waals surface area contributed by atoms with Crippen molar-refractivity contribution in [2.45, 2.75) is 73.6 Å². The van der Waals surface area contributed by atoms with Gasteiger partial charge in [-0.3, -0.25) is 9.05 Å². The topological polar surface area (TPSA) is 295 Å². The van der Waals surface area contributed by atoms with Gasteiger partial charge in [0.05, 0.1) is 39.6 Å². The lowest BCUT2D eigenvalue weighted by Crippen LogP contribution is -2.65. The summed E-state index contributed by atoms with van der Waals surface area (Å²) in [6.07, 6.45) is -20.3. The van der Waals surface area contributed by atoms with Crippen LogP contribution in [0.1, 0.15) is 0 Å². The molecule has 2 fully saturated rings. The van der Waals surface area contributed by atoms with Gasteiger partial charge in [-0.1, -0.05) is 0 Å². The van der Waals surface area contributed by atoms with Gasteiger partial charge in [-0.05, 0) is 0 Å². The van der Waals surface area contributed by atoms with Crippen LogP contribution in [0, 0.1) is 0 Å². The molecule has 2 aliphatic heterocycles. The Labute approximate surface area is 210 Å². The third-order valence-corrected chi connectivity index (χ3v) is 6.44. The maximum Gasteiger partial charge on any atom is 0.472 e. The molecule has 13 atom stereocenters. The molecule has 0 saturated carbocycles. The van der Waals surface area contributed by atoms with Gasteiger partial charge < -0.3 is 74.9 Å². The van der Waals surface area contributed by atoms with E-state index in [4.69, 9.17) is 29.2 Å². The van der Waals surface area contributed by atoms with Gasteiger partial charge in [0.2, 0.25) is 0 Å². The maximum atomic E-state index is 11.9. The van der Waals surface area contributed by atoms with Gasteiger partial charge in [-0.2, -0.15) is 0 Å². The average Bonchev–Trinajstić information content (AvgIpc) is 2.88. The van der Waals surface area contributed by atoms with Crippen molar-refractivity contribution in [3.05, 3.63) is 0 Å². The third-order valence-electron chi connectivity index (χ3n) is 5.49. The van der Waals surface area contributed by atoms with E-state index in [9.17, 15) is 50.3 Å². The average molecular weight is 570 g/mol. The molecular formula is C18H35O18P. The second-order valence-corrected chi connectivity index (χ2v) is 9.84. The summed E-state index contributed by atoms with van der Waals surface area (Å²) < 4.78 is 42.2. The first kappa shape index (κ1) is 32.8. The Bertz CT molecular complexity index is 716. The van der Waals surface area contributed by atoms with Crippen molar-refractivity contribution >= 4 is 7.82 Å². The molecule has 2 heterocycles. The van der Waals surface area contributed by atoms with E-state index in [2.05, 4.69) is 9.05 Å². The van der Waals surface area contributed by atoms with Gasteiger partial charge in [0.25, 0.3) is 0 Å². The quantitative estimate of drug-likeness (QED) is 0.0865. The zero-order chi connectivity index (χ0) is 27.9. The Morgan fingerprint density at radius 1 is 0.730 bits per heavy atom. The van der Waals surface area contributed by atoms with Crippen molar-refractivity contribution in [1.82, 2.24) is 0 Å². The monoisotopic (exact) mass is 570 g/mol. The first-order valence-corrected chi connectivity index (χ1v) is 12.6. The molecule has 0 aromatic carbocycles. The molecule has 19 heteroatoms. The number of aliphatic hydroxyl groups is 10. The van der Waals surface area contributed by atoms with Crippen LogP contribution in [-0.2, 0) is 32.6 Å². The Hall–Kier alpha value is -0.450. The minimum atomic E-state index is -4.83. The highest BCUT2D eigenvalue weighted by molar-refractivity contribution is 7.47. The highest BCUT2D eigenvalue weighted by Gasteiger charge is 2.51. The molecule has 0 aromatic rings. The lowest BCUT2D eigenvalue weighted by Gasteiger charge is -2.46. The summed E-state index contributed by atoms with van der Waals surface area (Å²) in [4.78, 5) is 9.67. The van der Waals surface area contributed by atoms with Crippen LogP contribution in [0.15, 0.2) is 0 Å². The van der Waals surface area contributed by atoms with Crippen LogP contribution in [0.3, 0.4) is 0 Å². The normalized spacial score (nSPS) is 40.2. The molecule has 0 aromatic heterocycles. The number of aliphatic hydroxyl groups excluding tert-OH is 10. The summed E-state index contributed by atoms with van der Waals surface area (Å²) in [6.45, 7) is -4.40. The van der Waals surface area contributed by atoms with E-state index >= 15 is 0 Å². The number of rotatable bonds is 14. The Kier molecular flexibility index (Phi) is 13.1. The molecule has 220 valence electrons. The highest BCUT2D eigenvalue weighted by Crippen LogP contribution is 2.44. The molecule has 3 unspecified atom stereocenters. The molecule has 0 radical (unpaired) electrons. The molecule has 18 nitrogen and oxygen atoms in total. The first-order valence-electron chi connectivity index (χ1n) is 11.1. The number of phosphoric ester groups is 1. The number of ether oxygens (including phenoxy) is 4. The standard InChI is InChI=1S/C18H35O18P/c19-1-7(22)4-31-17-15(28)16(12(25)9(3-21)34-17)36-18-14(27)13(26)11(24)10(35-18)6-33-37(29,30)32-5-8(23)2-20/h7-28H,1-6H2,(H,29,30)/t7?,8?,9-,10-,11+,12-,13+,14-,15-,16+,17+,18-/m1/s1. The van der Waals surface area contributed by atoms with Gasteiger partial charge in [0.1, 0.15) is 61.0 Å². The molecular weight excluding hydrogens is 535 g/mol. The molecule has 2 aliphatic rings. The van der Waals surface area contributed by atoms with Crippen molar-refractivity contribution in [2.24, 2.45) is 0 Å². The van der Waals surface area contributed by atoms with E-state index in [1.807, 2.05) is 0 Å². The van der Waals surface area contributed by atoms with Crippen molar-refractivity contribution in [3.63, 3.8) is 0 Å². The van der Waals surface area contributed by atoms with Crippen molar-refractivity contribution in [1.29, 1.82) is 0 Å². The Morgan fingerprint density at radius 2 is 1.32 bits per heavy atom. The van der Waals surface area contributed by atoms with Gasteiger partial charge >= 0.3 is 7.82 Å². The molecule has 2 saturated heterocycles. The summed E-state index contributed by atoms with van der Waals surface area (Å²) in [5.41, 5.74) is 0. The van der Waals surface area contributed by atoms with Crippen LogP contribution in [0.2, 0.25) is 0 Å². The largest absolute Gasteiger partial charge is 0.472 e. The van der Waals surface area contributed by atoms with E-state index in [-0.39, 0.29) is 0 Å². The van der Waals surface area contributed by atoms with Crippen LogP contribution in [0.25, 0.3) is 0 Å². The zero-order valence-corrected chi connectivity index (χ0v) is 20.3. The summed E-state index contributed by atoms with van der Waals surface area (Å²) in [6, 6.07) is 0. The predicted octanol–water partition coefficient (Wildman–Crippen LogP) is -6.53. The molecule has 0 spiro atoms. The molecule has 37 heavy (non-hydrogen) atoms. The van der Waals surface area contributed by atoms with Crippen LogP contribution in [-0.4, -0.2) is 169 Å². The van der Waals surface area contributed by atoms with Crippen LogP contribution >= 0.6 is 7.82 Å². The van der Waals surface area contributed by atoms with E-state index in [0.717, 1.165) is 0 Å². The summed E-state index contributed by atoms with van der Waals surface area (Å²) in [7, 11) is -4.83. The summed E-state index contributed by atoms with van der Waals surface area (Å²) >= 11 is 0. The van der Waals surface area contributed by atoms with Crippen molar-refractivity contribution < 1.29 is 88.5 Å². The Balaban J connectivity index is 2.09. The van der Waals surface area contributed by atoms with Crippen LogP contribution in [0.4, 0.5) is 0 Å². The lowest BCUT2D eigenvalue weighted by atomic mass is 9.97. The lowest BCUT2D eigenvalue weighted by molar-refractivity contribution is -0.361.